The highest BCUT2D eigenvalue weighted by Crippen LogP contribution is 2.28. The van der Waals surface area contributed by atoms with Gasteiger partial charge in [-0.2, -0.15) is 17.6 Å². The second-order valence-electron chi connectivity index (χ2n) is 6.84. The number of hydrogen-bond donors (Lipinski definition) is 0. The molecule has 158 valence electrons. The van der Waals surface area contributed by atoms with Crippen molar-refractivity contribution in [1.82, 2.24) is 9.19 Å². The van der Waals surface area contributed by atoms with Gasteiger partial charge in [0.05, 0.1) is 4.90 Å². The topological polar surface area (TPSA) is 61.2 Å². The average molecular weight is 457 g/mol. The zero-order valence-electron chi connectivity index (χ0n) is 16.4. The first-order valence-corrected chi connectivity index (χ1v) is 11.2. The van der Waals surface area contributed by atoms with Gasteiger partial charge in [0.2, 0.25) is 0 Å². The summed E-state index contributed by atoms with van der Waals surface area (Å²) in [7, 11) is -3.85. The summed E-state index contributed by atoms with van der Waals surface area (Å²) in [4.78, 5) is 0.0682. The van der Waals surface area contributed by atoms with E-state index in [1.165, 1.54) is 36.5 Å². The van der Waals surface area contributed by atoms with Crippen LogP contribution in [0.25, 0.3) is 11.1 Å². The monoisotopic (exact) mass is 456 g/mol. The van der Waals surface area contributed by atoms with Gasteiger partial charge in [-0.15, -0.1) is 0 Å². The van der Waals surface area contributed by atoms with Gasteiger partial charge in [0.15, 0.2) is 0 Å². The molecule has 4 rings (SSSR count). The lowest BCUT2D eigenvalue weighted by Gasteiger charge is -2.14. The second kappa shape index (κ2) is 8.53. The molecule has 0 amide bonds. The Labute approximate surface area is 184 Å². The van der Waals surface area contributed by atoms with E-state index >= 15 is 0 Å². The van der Waals surface area contributed by atoms with E-state index in [0.717, 1.165) is 9.65 Å². The molecule has 0 fully saturated rings. The fourth-order valence-corrected chi connectivity index (χ4v) is 4.32. The fourth-order valence-electron chi connectivity index (χ4n) is 3.07. The first-order valence-electron chi connectivity index (χ1n) is 9.43. The van der Waals surface area contributed by atoms with Gasteiger partial charge in [0.1, 0.15) is 23.4 Å². The third-order valence-corrected chi connectivity index (χ3v) is 6.52. The largest absolute Gasteiger partial charge is 0.484 e. The highest BCUT2D eigenvalue weighted by atomic mass is 35.5. The molecule has 4 aromatic rings. The van der Waals surface area contributed by atoms with Crippen LogP contribution in [0.3, 0.4) is 0 Å². The molecule has 1 heterocycles. The maximum absolute atomic E-state index is 14.6. The molecule has 1 atom stereocenters. The van der Waals surface area contributed by atoms with Crippen molar-refractivity contribution < 1.29 is 17.5 Å². The van der Waals surface area contributed by atoms with Crippen molar-refractivity contribution in [2.75, 3.05) is 0 Å². The van der Waals surface area contributed by atoms with E-state index < -0.39 is 21.9 Å². The van der Waals surface area contributed by atoms with Crippen molar-refractivity contribution in [1.29, 1.82) is 0 Å². The Kier molecular flexibility index (Phi) is 5.80. The van der Waals surface area contributed by atoms with Crippen molar-refractivity contribution in [3.05, 3.63) is 102 Å². The summed E-state index contributed by atoms with van der Waals surface area (Å²) in [6.45, 7) is 1.71. The maximum atomic E-state index is 14.6. The molecule has 0 spiro atoms. The van der Waals surface area contributed by atoms with E-state index in [0.29, 0.717) is 22.0 Å². The summed E-state index contributed by atoms with van der Waals surface area (Å²) in [5, 5.41) is 4.58. The predicted molar refractivity (Wildman–Crippen MR) is 117 cm³/mol. The van der Waals surface area contributed by atoms with Crippen LogP contribution in [0.15, 0.2) is 90.0 Å². The van der Waals surface area contributed by atoms with Crippen LogP contribution in [0, 0.1) is 5.82 Å². The van der Waals surface area contributed by atoms with Crippen molar-refractivity contribution in [3.63, 3.8) is 0 Å². The first kappa shape index (κ1) is 21.1. The van der Waals surface area contributed by atoms with Gasteiger partial charge in [0, 0.05) is 22.8 Å². The molecule has 31 heavy (non-hydrogen) atoms. The minimum absolute atomic E-state index is 0.0682. The molecule has 5 nitrogen and oxygen atoms in total. The number of hydrogen-bond acceptors (Lipinski definition) is 4. The summed E-state index contributed by atoms with van der Waals surface area (Å²) in [5.74, 6) is -0.0912. The lowest BCUT2D eigenvalue weighted by molar-refractivity contribution is 0.220. The molecule has 8 heteroatoms. The van der Waals surface area contributed by atoms with Gasteiger partial charge < -0.3 is 4.74 Å². The molecule has 0 saturated heterocycles. The molecular weight excluding hydrogens is 439 g/mol. The number of halogens is 2. The van der Waals surface area contributed by atoms with Gasteiger partial charge in [0.25, 0.3) is 10.0 Å². The SMILES string of the molecule is C[C@@H](Oc1ccc(-c2ccccc2)c(F)c1)c1ccn(S(=O)(=O)c2ccc(Cl)cc2)n1. The van der Waals surface area contributed by atoms with E-state index in [1.54, 1.807) is 25.1 Å². The zero-order chi connectivity index (χ0) is 22.0. The third kappa shape index (κ3) is 4.47. The average Bonchev–Trinajstić information content (AvgIpc) is 3.26. The van der Waals surface area contributed by atoms with Crippen LogP contribution in [0.2, 0.25) is 5.02 Å². The number of nitrogens with zero attached hydrogens (tertiary/aromatic N) is 2. The van der Waals surface area contributed by atoms with Gasteiger partial charge in [-0.1, -0.05) is 41.9 Å². The highest BCUT2D eigenvalue weighted by molar-refractivity contribution is 7.89. The van der Waals surface area contributed by atoms with Crippen molar-refractivity contribution in [3.8, 4) is 16.9 Å². The standard InChI is InChI=1S/C23H18ClFN2O3S/c1-16(30-19-9-12-21(22(25)15-19)17-5-3-2-4-6-17)23-13-14-27(26-23)31(28,29)20-10-7-18(24)8-11-20/h2-16H,1H3/t16-/m1/s1. The molecule has 0 aliphatic heterocycles. The van der Waals surface area contributed by atoms with Crippen molar-refractivity contribution in [2.45, 2.75) is 17.9 Å². The second-order valence-corrected chi connectivity index (χ2v) is 9.07. The lowest BCUT2D eigenvalue weighted by atomic mass is 10.1. The Balaban J connectivity index is 1.52. The Morgan fingerprint density at radius 3 is 2.39 bits per heavy atom. The van der Waals surface area contributed by atoms with E-state index in [9.17, 15) is 12.8 Å². The molecule has 0 aliphatic carbocycles. The Morgan fingerprint density at radius 1 is 1.00 bits per heavy atom. The number of ether oxygens (including phenoxy) is 1. The normalized spacial score (nSPS) is 12.5. The van der Waals surface area contributed by atoms with Gasteiger partial charge in [-0.3, -0.25) is 0 Å². The summed E-state index contributed by atoms with van der Waals surface area (Å²) in [5.41, 5.74) is 1.63. The molecule has 1 aromatic heterocycles. The third-order valence-electron chi connectivity index (χ3n) is 4.70. The number of rotatable bonds is 6. The van der Waals surface area contributed by atoms with Crippen molar-refractivity contribution >= 4 is 21.6 Å². The van der Waals surface area contributed by atoms with E-state index in [4.69, 9.17) is 16.3 Å². The predicted octanol–water partition coefficient (Wildman–Crippen LogP) is 5.72. The van der Waals surface area contributed by atoms with Crippen LogP contribution >= 0.6 is 11.6 Å². The molecule has 0 bridgehead atoms. The summed E-state index contributed by atoms with van der Waals surface area (Å²) >= 11 is 5.83. The van der Waals surface area contributed by atoms with Crippen LogP contribution in [-0.2, 0) is 10.0 Å². The smallest absolute Gasteiger partial charge is 0.282 e. The van der Waals surface area contributed by atoms with Crippen LogP contribution in [0.1, 0.15) is 18.7 Å². The molecule has 0 radical (unpaired) electrons. The Hall–Kier alpha value is -3.16. The minimum atomic E-state index is -3.85. The van der Waals surface area contributed by atoms with Crippen LogP contribution in [-0.4, -0.2) is 17.6 Å². The molecule has 0 aliphatic rings. The number of aromatic nitrogens is 2. The van der Waals surface area contributed by atoms with Gasteiger partial charge in [-0.05, 0) is 55.0 Å². The fraction of sp³-hybridized carbons (Fsp3) is 0.0870. The molecule has 0 saturated carbocycles. The van der Waals surface area contributed by atoms with Crippen LogP contribution < -0.4 is 4.74 Å². The van der Waals surface area contributed by atoms with E-state index in [1.807, 2.05) is 30.3 Å². The Morgan fingerprint density at radius 2 is 1.71 bits per heavy atom. The van der Waals surface area contributed by atoms with Gasteiger partial charge >= 0.3 is 0 Å². The highest BCUT2D eigenvalue weighted by Gasteiger charge is 2.20. The minimum Gasteiger partial charge on any atom is -0.484 e. The van der Waals surface area contributed by atoms with E-state index in [-0.39, 0.29) is 4.90 Å². The zero-order valence-corrected chi connectivity index (χ0v) is 18.0. The van der Waals surface area contributed by atoms with Crippen LogP contribution in [0.4, 0.5) is 4.39 Å². The van der Waals surface area contributed by atoms with Crippen LogP contribution in [0.5, 0.6) is 5.75 Å². The first-order chi connectivity index (χ1) is 14.8. The molecule has 0 N–H and O–H groups in total. The lowest BCUT2D eigenvalue weighted by Crippen LogP contribution is -2.14. The number of benzene rings is 3. The summed E-state index contributed by atoms with van der Waals surface area (Å²) < 4.78 is 46.7. The van der Waals surface area contributed by atoms with E-state index in [2.05, 4.69) is 5.10 Å². The van der Waals surface area contributed by atoms with Crippen molar-refractivity contribution in [2.24, 2.45) is 0 Å². The quantitative estimate of drug-likeness (QED) is 0.372. The summed E-state index contributed by atoms with van der Waals surface area (Å²) in [6, 6.07) is 21.2. The molecule has 3 aromatic carbocycles. The summed E-state index contributed by atoms with van der Waals surface area (Å²) in [6.07, 6.45) is 0.752. The van der Waals surface area contributed by atoms with Gasteiger partial charge in [-0.25, -0.2) is 4.39 Å². The Bertz CT molecular complexity index is 1310. The maximum Gasteiger partial charge on any atom is 0.282 e. The molecule has 0 unspecified atom stereocenters. The molecular formula is C23H18ClFN2O3S.